The predicted octanol–water partition coefficient (Wildman–Crippen LogP) is -0.715. The number of nitrogens with one attached hydrogen (secondary N) is 1. The van der Waals surface area contributed by atoms with Crippen molar-refractivity contribution >= 4 is 16.9 Å². The lowest BCUT2D eigenvalue weighted by molar-refractivity contribution is -0.181. The molecule has 104 valence electrons. The van der Waals surface area contributed by atoms with Gasteiger partial charge in [0.15, 0.2) is 5.17 Å². The van der Waals surface area contributed by atoms with Crippen LogP contribution in [0.3, 0.4) is 0 Å². The van der Waals surface area contributed by atoms with Crippen molar-refractivity contribution in [1.29, 1.82) is 0 Å². The zero-order valence-electron chi connectivity index (χ0n) is 10.5. The molecule has 0 spiro atoms. The Hall–Kier alpha value is -0.340. The van der Waals surface area contributed by atoms with Crippen LogP contribution in [0.4, 0.5) is 0 Å². The molecule has 0 aromatic carbocycles. The zero-order valence-corrected chi connectivity index (χ0v) is 11.3. The van der Waals surface area contributed by atoms with Gasteiger partial charge in [-0.15, -0.1) is 0 Å². The third-order valence-electron chi connectivity index (χ3n) is 3.10. The first-order valence-corrected chi connectivity index (χ1v) is 7.10. The first-order valence-electron chi connectivity index (χ1n) is 6.22. The number of amidine groups is 1. The lowest BCUT2D eigenvalue weighted by atomic mass is 9.95. The molecule has 1 fully saturated rings. The van der Waals surface area contributed by atoms with Gasteiger partial charge in [-0.25, -0.2) is 0 Å². The maximum atomic E-state index is 10.0. The number of aliphatic hydroxyl groups excluding tert-OH is 3. The SMILES string of the molecule is CCCNC1=N[C@@H]2[C@@H](O)[C@H](O)C([C@@H](C)O)O[C@@H]2S1. The van der Waals surface area contributed by atoms with Crippen molar-refractivity contribution in [2.75, 3.05) is 6.54 Å². The number of ether oxygens (including phenoxy) is 1. The number of thioether (sulfide) groups is 1. The number of fused-ring (bicyclic) bond motifs is 1. The predicted molar refractivity (Wildman–Crippen MR) is 69.5 cm³/mol. The van der Waals surface area contributed by atoms with Crippen molar-refractivity contribution in [2.24, 2.45) is 4.99 Å². The lowest BCUT2D eigenvalue weighted by Crippen LogP contribution is -2.57. The molecule has 1 saturated heterocycles. The molecule has 0 aliphatic carbocycles. The average Bonchev–Trinajstić information content (AvgIpc) is 2.74. The molecule has 4 N–H and O–H groups in total. The van der Waals surface area contributed by atoms with Crippen molar-refractivity contribution < 1.29 is 20.1 Å². The average molecular weight is 276 g/mol. The fourth-order valence-electron chi connectivity index (χ4n) is 2.10. The first-order chi connectivity index (χ1) is 8.54. The molecule has 2 rings (SSSR count). The minimum absolute atomic E-state index is 0.345. The number of hydrogen-bond donors (Lipinski definition) is 4. The van der Waals surface area contributed by atoms with E-state index in [2.05, 4.69) is 17.2 Å². The van der Waals surface area contributed by atoms with Gasteiger partial charge >= 0.3 is 0 Å². The summed E-state index contributed by atoms with van der Waals surface area (Å²) in [5.74, 6) is 0. The molecule has 7 heteroatoms. The van der Waals surface area contributed by atoms with Gasteiger partial charge in [0.2, 0.25) is 0 Å². The molecule has 0 saturated carbocycles. The van der Waals surface area contributed by atoms with Gasteiger partial charge < -0.3 is 25.4 Å². The van der Waals surface area contributed by atoms with E-state index in [0.29, 0.717) is 0 Å². The van der Waals surface area contributed by atoms with E-state index in [1.165, 1.54) is 18.7 Å². The summed E-state index contributed by atoms with van der Waals surface area (Å²) >= 11 is 1.40. The van der Waals surface area contributed by atoms with Gasteiger partial charge in [-0.05, 0) is 13.3 Å². The van der Waals surface area contributed by atoms with E-state index in [1.54, 1.807) is 0 Å². The van der Waals surface area contributed by atoms with Crippen LogP contribution in [0, 0.1) is 0 Å². The van der Waals surface area contributed by atoms with Gasteiger partial charge in [-0.3, -0.25) is 4.99 Å². The lowest BCUT2D eigenvalue weighted by Gasteiger charge is -2.39. The summed E-state index contributed by atoms with van der Waals surface area (Å²) in [5.41, 5.74) is -0.345. The van der Waals surface area contributed by atoms with E-state index in [9.17, 15) is 15.3 Å². The molecule has 0 bridgehead atoms. The van der Waals surface area contributed by atoms with Crippen molar-refractivity contribution in [2.45, 2.75) is 56.2 Å². The van der Waals surface area contributed by atoms with Crippen LogP contribution < -0.4 is 5.32 Å². The highest BCUT2D eigenvalue weighted by Crippen LogP contribution is 2.36. The molecule has 0 aromatic rings. The molecule has 2 heterocycles. The highest BCUT2D eigenvalue weighted by atomic mass is 32.2. The van der Waals surface area contributed by atoms with E-state index in [0.717, 1.165) is 18.1 Å². The fraction of sp³-hybridized carbons (Fsp3) is 0.909. The van der Waals surface area contributed by atoms with Crippen LogP contribution in [0.2, 0.25) is 0 Å². The van der Waals surface area contributed by atoms with E-state index < -0.39 is 30.5 Å². The standard InChI is InChI=1S/C11H20N2O4S/c1-3-4-12-11-13-6-7(15)8(16)9(5(2)14)17-10(6)18-11/h5-10,14-16H,3-4H2,1-2H3,(H,12,13)/t5-,6-,7-,8+,9?,10-/m1/s1. The summed E-state index contributed by atoms with van der Waals surface area (Å²) in [6.45, 7) is 4.40. The molecule has 2 aliphatic heterocycles. The van der Waals surface area contributed by atoms with E-state index in [1.807, 2.05) is 0 Å². The first kappa shape index (κ1) is 14.1. The normalized spacial score (nSPS) is 41.2. The Morgan fingerprint density at radius 1 is 1.44 bits per heavy atom. The second-order valence-corrected chi connectivity index (χ2v) is 5.75. The Morgan fingerprint density at radius 3 is 2.78 bits per heavy atom. The molecule has 2 aliphatic rings. The Labute approximate surface area is 110 Å². The summed E-state index contributed by atoms with van der Waals surface area (Å²) < 4.78 is 5.61. The number of rotatable bonds is 3. The Morgan fingerprint density at radius 2 is 2.17 bits per heavy atom. The van der Waals surface area contributed by atoms with Crippen molar-refractivity contribution in [3.05, 3.63) is 0 Å². The van der Waals surface area contributed by atoms with Gasteiger partial charge in [0.25, 0.3) is 0 Å². The van der Waals surface area contributed by atoms with E-state index >= 15 is 0 Å². The van der Waals surface area contributed by atoms with E-state index in [4.69, 9.17) is 4.74 Å². The minimum Gasteiger partial charge on any atom is -0.391 e. The van der Waals surface area contributed by atoms with Crippen molar-refractivity contribution in [3.63, 3.8) is 0 Å². The minimum atomic E-state index is -1.11. The van der Waals surface area contributed by atoms with Crippen LogP contribution in [0.5, 0.6) is 0 Å². The monoisotopic (exact) mass is 276 g/mol. The van der Waals surface area contributed by atoms with Crippen LogP contribution in [-0.4, -0.2) is 62.9 Å². The van der Waals surface area contributed by atoms with Crippen LogP contribution in [0.15, 0.2) is 4.99 Å². The molecule has 0 amide bonds. The highest BCUT2D eigenvalue weighted by Gasteiger charge is 2.49. The molecule has 1 unspecified atom stereocenters. The summed E-state index contributed by atoms with van der Waals surface area (Å²) in [7, 11) is 0. The zero-order chi connectivity index (χ0) is 13.3. The van der Waals surface area contributed by atoms with Gasteiger partial charge in [0, 0.05) is 6.54 Å². The maximum Gasteiger partial charge on any atom is 0.159 e. The summed E-state index contributed by atoms with van der Waals surface area (Å²) in [6, 6.07) is -0.473. The summed E-state index contributed by atoms with van der Waals surface area (Å²) in [5, 5.41) is 33.3. The molecule has 6 atom stereocenters. The molecule has 0 aromatic heterocycles. The van der Waals surface area contributed by atoms with Crippen molar-refractivity contribution in [3.8, 4) is 0 Å². The van der Waals surface area contributed by atoms with Gasteiger partial charge in [-0.2, -0.15) is 0 Å². The molecule has 0 radical (unpaired) electrons. The molecular weight excluding hydrogens is 256 g/mol. The van der Waals surface area contributed by atoms with Crippen LogP contribution in [0.1, 0.15) is 20.3 Å². The summed E-state index contributed by atoms with van der Waals surface area (Å²) in [6.07, 6.45) is -2.73. The van der Waals surface area contributed by atoms with Gasteiger partial charge in [0.1, 0.15) is 29.8 Å². The Bertz CT molecular complexity index is 326. The second kappa shape index (κ2) is 5.75. The third-order valence-corrected chi connectivity index (χ3v) is 4.20. The quantitative estimate of drug-likeness (QED) is 0.544. The van der Waals surface area contributed by atoms with Crippen LogP contribution in [-0.2, 0) is 4.74 Å². The summed E-state index contributed by atoms with van der Waals surface area (Å²) in [4.78, 5) is 4.32. The smallest absolute Gasteiger partial charge is 0.159 e. The highest BCUT2D eigenvalue weighted by molar-refractivity contribution is 8.14. The van der Waals surface area contributed by atoms with Crippen LogP contribution >= 0.6 is 11.8 Å². The Kier molecular flexibility index (Phi) is 4.50. The fourth-order valence-corrected chi connectivity index (χ4v) is 3.24. The van der Waals surface area contributed by atoms with E-state index in [-0.39, 0.29) is 5.44 Å². The molecule has 6 nitrogen and oxygen atoms in total. The van der Waals surface area contributed by atoms with Gasteiger partial charge in [-0.1, -0.05) is 18.7 Å². The van der Waals surface area contributed by atoms with Crippen LogP contribution in [0.25, 0.3) is 0 Å². The maximum absolute atomic E-state index is 10.0. The topological polar surface area (TPSA) is 94.3 Å². The number of hydrogen-bond acceptors (Lipinski definition) is 7. The molecule has 18 heavy (non-hydrogen) atoms. The number of nitrogens with zero attached hydrogens (tertiary/aromatic N) is 1. The second-order valence-electron chi connectivity index (χ2n) is 4.66. The van der Waals surface area contributed by atoms with Crippen molar-refractivity contribution in [1.82, 2.24) is 5.32 Å². The Balaban J connectivity index is 2.04. The van der Waals surface area contributed by atoms with Gasteiger partial charge in [0.05, 0.1) is 6.10 Å². The largest absolute Gasteiger partial charge is 0.391 e. The third kappa shape index (κ3) is 2.65. The number of aliphatic imine (C=N–C) groups is 1. The number of aliphatic hydroxyl groups is 3. The molecular formula is C11H20N2O4S.